The van der Waals surface area contributed by atoms with Crippen molar-refractivity contribution < 1.29 is 17.9 Å². The number of piperidine rings is 1. The van der Waals surface area contributed by atoms with Crippen molar-refractivity contribution in [2.24, 2.45) is 7.05 Å². The van der Waals surface area contributed by atoms with Gasteiger partial charge in [0, 0.05) is 55.2 Å². The number of pyridine rings is 1. The van der Waals surface area contributed by atoms with E-state index in [0.29, 0.717) is 45.7 Å². The molecule has 12 nitrogen and oxygen atoms in total. The van der Waals surface area contributed by atoms with E-state index in [0.717, 1.165) is 17.1 Å². The number of fused-ring (bicyclic) bond motifs is 3. The lowest BCUT2D eigenvalue weighted by Gasteiger charge is -2.55. The van der Waals surface area contributed by atoms with E-state index < -0.39 is 15.6 Å². The second kappa shape index (κ2) is 10.7. The average molecular weight is 657 g/mol. The van der Waals surface area contributed by atoms with Crippen molar-refractivity contribution in [2.45, 2.75) is 56.7 Å². The van der Waals surface area contributed by atoms with E-state index in [1.807, 2.05) is 32.6 Å². The summed E-state index contributed by atoms with van der Waals surface area (Å²) in [5, 5.41) is 15.7. The third-order valence-corrected chi connectivity index (χ3v) is 11.1. The number of rotatable bonds is 5. The zero-order chi connectivity index (χ0) is 32.5. The van der Waals surface area contributed by atoms with Crippen molar-refractivity contribution in [1.29, 1.82) is 5.26 Å². The van der Waals surface area contributed by atoms with Gasteiger partial charge in [-0.25, -0.2) is 27.2 Å². The second-order valence-corrected chi connectivity index (χ2v) is 15.5. The summed E-state index contributed by atoms with van der Waals surface area (Å²) >= 11 is 1.43. The van der Waals surface area contributed by atoms with Crippen LogP contribution in [0.3, 0.4) is 0 Å². The summed E-state index contributed by atoms with van der Waals surface area (Å²) in [5.74, 6) is 0. The summed E-state index contributed by atoms with van der Waals surface area (Å²) < 4.78 is 36.9. The highest BCUT2D eigenvalue weighted by atomic mass is 32.2. The molecular formula is C32H32N8O4S2. The minimum absolute atomic E-state index is 0.0336. The third kappa shape index (κ3) is 5.00. The minimum Gasteiger partial charge on any atom is -0.444 e. The first-order chi connectivity index (χ1) is 21.8. The number of nitriles is 1. The molecule has 0 N–H and O–H groups in total. The van der Waals surface area contributed by atoms with Gasteiger partial charge >= 0.3 is 6.09 Å². The number of thiazole rings is 1. The van der Waals surface area contributed by atoms with Crippen LogP contribution in [0.5, 0.6) is 0 Å². The fraction of sp³-hybridized carbons (Fsp3) is 0.344. The normalized spacial score (nSPS) is 18.0. The predicted molar refractivity (Wildman–Crippen MR) is 174 cm³/mol. The van der Waals surface area contributed by atoms with E-state index in [9.17, 15) is 18.5 Å². The van der Waals surface area contributed by atoms with E-state index in [4.69, 9.17) is 9.72 Å². The first kappa shape index (κ1) is 29.9. The van der Waals surface area contributed by atoms with Crippen molar-refractivity contribution in [2.75, 3.05) is 18.0 Å². The molecular weight excluding hydrogens is 625 g/mol. The fourth-order valence-electron chi connectivity index (χ4n) is 6.19. The number of aryl methyl sites for hydroxylation is 2. The molecule has 3 aliphatic heterocycles. The number of carbonyl (C=O) groups is 1. The van der Waals surface area contributed by atoms with Crippen LogP contribution in [0.15, 0.2) is 60.0 Å². The van der Waals surface area contributed by atoms with Crippen LogP contribution in [0.1, 0.15) is 38.3 Å². The molecule has 2 bridgehead atoms. The summed E-state index contributed by atoms with van der Waals surface area (Å²) in [6.45, 7) is 8.72. The summed E-state index contributed by atoms with van der Waals surface area (Å²) in [7, 11) is -2.33. The molecule has 14 heteroatoms. The van der Waals surface area contributed by atoms with Gasteiger partial charge < -0.3 is 9.64 Å². The predicted octanol–water partition coefficient (Wildman–Crippen LogP) is 5.18. The smallest absolute Gasteiger partial charge is 0.410 e. The monoisotopic (exact) mass is 656 g/mol. The first-order valence-electron chi connectivity index (χ1n) is 14.8. The third-order valence-electron chi connectivity index (χ3n) is 8.28. The van der Waals surface area contributed by atoms with Crippen molar-refractivity contribution in [1.82, 2.24) is 28.6 Å². The van der Waals surface area contributed by atoms with Crippen molar-refractivity contribution in [3.63, 3.8) is 0 Å². The molecule has 5 aromatic rings. The topological polar surface area (TPSA) is 139 Å². The van der Waals surface area contributed by atoms with Crippen LogP contribution in [-0.2, 0) is 21.8 Å². The molecule has 236 valence electrons. The number of benzene rings is 1. The van der Waals surface area contributed by atoms with Gasteiger partial charge in [-0.3, -0.25) is 9.58 Å². The van der Waals surface area contributed by atoms with Gasteiger partial charge in [0.05, 0.1) is 39.3 Å². The Kier molecular flexibility index (Phi) is 6.95. The molecule has 3 aliphatic rings. The van der Waals surface area contributed by atoms with Gasteiger partial charge in [-0.2, -0.15) is 10.4 Å². The number of piperazine rings is 1. The lowest BCUT2D eigenvalue weighted by molar-refractivity contribution is -0.0379. The second-order valence-electron chi connectivity index (χ2n) is 12.8. The number of carbonyl (C=O) groups excluding carboxylic acids is 1. The summed E-state index contributed by atoms with van der Waals surface area (Å²) in [6.07, 6.45) is 7.11. The van der Waals surface area contributed by atoms with Gasteiger partial charge in [-0.1, -0.05) is 29.0 Å². The maximum Gasteiger partial charge on any atom is 0.410 e. The molecule has 0 spiro atoms. The Morgan fingerprint density at radius 2 is 1.80 bits per heavy atom. The molecule has 1 aromatic carbocycles. The van der Waals surface area contributed by atoms with Gasteiger partial charge in [0.15, 0.2) is 10.8 Å². The van der Waals surface area contributed by atoms with E-state index in [1.54, 1.807) is 60.7 Å². The van der Waals surface area contributed by atoms with Gasteiger partial charge in [0.1, 0.15) is 11.7 Å². The lowest BCUT2D eigenvalue weighted by atomic mass is 9.88. The quantitative estimate of drug-likeness (QED) is 0.251. The average Bonchev–Trinajstić information content (AvgIpc) is 3.74. The zero-order valence-corrected chi connectivity index (χ0v) is 27.6. The van der Waals surface area contributed by atoms with E-state index >= 15 is 0 Å². The Morgan fingerprint density at radius 3 is 2.43 bits per heavy atom. The van der Waals surface area contributed by atoms with Gasteiger partial charge in [-0.15, -0.1) is 0 Å². The van der Waals surface area contributed by atoms with Crippen LogP contribution < -0.4 is 4.90 Å². The number of ether oxygens (including phenoxy) is 1. The molecule has 0 saturated carbocycles. The molecule has 1 amide bonds. The Labute approximate surface area is 270 Å². The van der Waals surface area contributed by atoms with Crippen molar-refractivity contribution >= 4 is 43.6 Å². The first-order valence-corrected chi connectivity index (χ1v) is 17.1. The minimum atomic E-state index is -4.09. The molecule has 46 heavy (non-hydrogen) atoms. The van der Waals surface area contributed by atoms with Crippen LogP contribution in [-0.4, -0.2) is 73.9 Å². The molecule has 4 aromatic heterocycles. The highest BCUT2D eigenvalue weighted by molar-refractivity contribution is 7.90. The Balaban J connectivity index is 1.30. The maximum absolute atomic E-state index is 14.2. The fourth-order valence-corrected chi connectivity index (χ4v) is 8.68. The van der Waals surface area contributed by atoms with E-state index in [2.05, 4.69) is 21.1 Å². The largest absolute Gasteiger partial charge is 0.444 e. The van der Waals surface area contributed by atoms with Crippen LogP contribution >= 0.6 is 11.3 Å². The Morgan fingerprint density at radius 1 is 1.09 bits per heavy atom. The Bertz CT molecular complexity index is 2140. The summed E-state index contributed by atoms with van der Waals surface area (Å²) in [4.78, 5) is 26.8. The van der Waals surface area contributed by atoms with E-state index in [-0.39, 0.29) is 28.7 Å². The molecule has 0 radical (unpaired) electrons. The zero-order valence-electron chi connectivity index (χ0n) is 26.0. The van der Waals surface area contributed by atoms with Crippen LogP contribution in [0, 0.1) is 18.3 Å². The molecule has 2 atom stereocenters. The van der Waals surface area contributed by atoms with Crippen molar-refractivity contribution in [3.8, 4) is 27.8 Å². The van der Waals surface area contributed by atoms with Crippen LogP contribution in [0.2, 0.25) is 0 Å². The van der Waals surface area contributed by atoms with Gasteiger partial charge in [0.25, 0.3) is 10.0 Å². The SMILES string of the molecule is Cc1ccc(S(=O)(=O)n2c(-c3cnn(C)c3)cc3c(-c4cnc(N5CC6CC(C5)N6C(=O)OC(C)(C)C)s4)c(C#N)cnc32)cc1. The number of hydrogen-bond acceptors (Lipinski definition) is 10. The van der Waals surface area contributed by atoms with E-state index in [1.165, 1.54) is 21.5 Å². The molecule has 7 heterocycles. The van der Waals surface area contributed by atoms with Crippen LogP contribution in [0.25, 0.3) is 32.7 Å². The molecule has 3 fully saturated rings. The maximum atomic E-state index is 14.2. The highest BCUT2D eigenvalue weighted by Crippen LogP contribution is 2.43. The molecule has 3 saturated heterocycles. The molecule has 2 unspecified atom stereocenters. The van der Waals surface area contributed by atoms with Gasteiger partial charge in [-0.05, 0) is 52.3 Å². The van der Waals surface area contributed by atoms with Crippen molar-refractivity contribution in [3.05, 3.63) is 66.2 Å². The number of anilines is 1. The number of aromatic nitrogens is 5. The number of amides is 1. The van der Waals surface area contributed by atoms with Crippen LogP contribution in [0.4, 0.5) is 9.93 Å². The lowest BCUT2D eigenvalue weighted by Crippen LogP contribution is -2.70. The summed E-state index contributed by atoms with van der Waals surface area (Å²) in [5.41, 5.74) is 2.43. The summed E-state index contributed by atoms with van der Waals surface area (Å²) in [6, 6.07) is 10.7. The number of nitrogens with zero attached hydrogens (tertiary/aromatic N) is 8. The standard InChI is InChI=1S/C32H32N8O4S2/c1-19-6-8-24(9-7-19)46(42,43)40-26(21-14-36-37(5)16-21)11-25-28(20(12-33)13-34-29(25)40)27-15-35-30(45-27)38-17-22-10-23(18-38)39(22)31(41)44-32(2,3)4/h6-9,11,13-16,22-23H,10,17-18H2,1-5H3. The number of hydrogen-bond donors (Lipinski definition) is 0. The Hall–Kier alpha value is -4.74. The van der Waals surface area contributed by atoms with Gasteiger partial charge in [0.2, 0.25) is 0 Å². The highest BCUT2D eigenvalue weighted by Gasteiger charge is 2.49. The molecule has 0 aliphatic carbocycles. The molecule has 8 rings (SSSR count).